The number of benzene rings is 2. The Morgan fingerprint density at radius 3 is 2.59 bits per heavy atom. The van der Waals surface area contributed by atoms with Gasteiger partial charge in [-0.05, 0) is 60.3 Å². The molecule has 3 rings (SSSR count). The molecule has 2 aromatic carbocycles. The summed E-state index contributed by atoms with van der Waals surface area (Å²) in [6.07, 6.45) is 1.43. The number of fused-ring (bicyclic) bond motifs is 1. The molecule has 0 saturated heterocycles. The molecule has 2 atom stereocenters. The fourth-order valence-electron chi connectivity index (χ4n) is 2.90. The van der Waals surface area contributed by atoms with Gasteiger partial charge in [0, 0.05) is 0 Å². The first-order valence-electron chi connectivity index (χ1n) is 7.38. The van der Waals surface area contributed by atoms with Crippen molar-refractivity contribution in [2.45, 2.75) is 25.0 Å². The van der Waals surface area contributed by atoms with Crippen LogP contribution in [0.15, 0.2) is 42.5 Å². The summed E-state index contributed by atoms with van der Waals surface area (Å²) < 4.78 is 19.3. The Kier molecular flexibility index (Phi) is 4.19. The molecule has 0 fully saturated rings. The third-order valence-electron chi connectivity index (χ3n) is 3.99. The summed E-state index contributed by atoms with van der Waals surface area (Å²) in [4.78, 5) is 0. The minimum atomic E-state index is -0.271. The minimum absolute atomic E-state index is 0.0265. The van der Waals surface area contributed by atoms with Crippen molar-refractivity contribution in [3.8, 4) is 6.07 Å². The van der Waals surface area contributed by atoms with Gasteiger partial charge in [-0.1, -0.05) is 18.2 Å². The Bertz CT molecular complexity index is 706. The van der Waals surface area contributed by atoms with Gasteiger partial charge in [0.15, 0.2) is 0 Å². The van der Waals surface area contributed by atoms with E-state index in [0.29, 0.717) is 12.1 Å². The van der Waals surface area contributed by atoms with Crippen molar-refractivity contribution >= 4 is 0 Å². The lowest BCUT2D eigenvalue weighted by Crippen LogP contribution is -2.04. The number of hydrogen-bond donors (Lipinski definition) is 1. The number of nitrogens with zero attached hydrogens (tertiary/aromatic N) is 1. The summed E-state index contributed by atoms with van der Waals surface area (Å²) >= 11 is 0. The first kappa shape index (κ1) is 14.7. The van der Waals surface area contributed by atoms with E-state index < -0.39 is 0 Å². The van der Waals surface area contributed by atoms with E-state index in [0.717, 1.165) is 29.5 Å². The fourth-order valence-corrected chi connectivity index (χ4v) is 2.90. The van der Waals surface area contributed by atoms with E-state index in [4.69, 9.17) is 15.7 Å². The Balaban J connectivity index is 1.99. The second-order valence-corrected chi connectivity index (χ2v) is 5.44. The van der Waals surface area contributed by atoms with Crippen LogP contribution < -0.4 is 5.73 Å². The van der Waals surface area contributed by atoms with Gasteiger partial charge in [0.1, 0.15) is 11.9 Å². The molecule has 1 aliphatic heterocycles. The van der Waals surface area contributed by atoms with Crippen LogP contribution in [0.25, 0.3) is 0 Å². The lowest BCUT2D eigenvalue weighted by Gasteiger charge is -2.14. The van der Waals surface area contributed by atoms with Crippen molar-refractivity contribution in [2.75, 3.05) is 6.54 Å². The summed E-state index contributed by atoms with van der Waals surface area (Å²) in [5.41, 5.74) is 9.19. The van der Waals surface area contributed by atoms with Gasteiger partial charge < -0.3 is 10.5 Å². The molecule has 22 heavy (non-hydrogen) atoms. The van der Waals surface area contributed by atoms with E-state index in [1.165, 1.54) is 12.1 Å². The molecule has 0 aliphatic carbocycles. The molecule has 112 valence electrons. The van der Waals surface area contributed by atoms with Crippen LogP contribution in [0, 0.1) is 17.1 Å². The standard InChI is InChI=1S/C18H17FN2O/c19-14-6-4-13(5-7-14)18-16-10-12(11-21)3-8-15(16)17(22-18)2-1-9-20/h3-8,10,17-18H,1-2,9,20H2. The average Bonchev–Trinajstić information content (AvgIpc) is 2.91. The van der Waals surface area contributed by atoms with E-state index in [1.54, 1.807) is 12.1 Å². The van der Waals surface area contributed by atoms with E-state index in [1.807, 2.05) is 18.2 Å². The third kappa shape index (κ3) is 2.74. The molecule has 1 heterocycles. The molecule has 4 heteroatoms. The number of halogens is 1. The van der Waals surface area contributed by atoms with E-state index in [2.05, 4.69) is 6.07 Å². The maximum absolute atomic E-state index is 13.1. The van der Waals surface area contributed by atoms with E-state index in [9.17, 15) is 4.39 Å². The molecule has 0 bridgehead atoms. The molecule has 2 N–H and O–H groups in total. The van der Waals surface area contributed by atoms with Crippen LogP contribution in [-0.4, -0.2) is 6.54 Å². The van der Waals surface area contributed by atoms with Crippen molar-refractivity contribution < 1.29 is 9.13 Å². The molecule has 3 nitrogen and oxygen atoms in total. The van der Waals surface area contributed by atoms with Crippen LogP contribution in [0.1, 0.15) is 47.3 Å². The molecule has 2 unspecified atom stereocenters. The van der Waals surface area contributed by atoms with Gasteiger partial charge in [0.2, 0.25) is 0 Å². The predicted molar refractivity (Wildman–Crippen MR) is 81.5 cm³/mol. The van der Waals surface area contributed by atoms with E-state index in [-0.39, 0.29) is 18.0 Å². The molecule has 0 saturated carbocycles. The quantitative estimate of drug-likeness (QED) is 0.937. The van der Waals surface area contributed by atoms with Gasteiger partial charge >= 0.3 is 0 Å². The van der Waals surface area contributed by atoms with Gasteiger partial charge in [-0.25, -0.2) is 4.39 Å². The molecular formula is C18H17FN2O. The van der Waals surface area contributed by atoms with Crippen molar-refractivity contribution in [3.05, 3.63) is 70.5 Å². The SMILES string of the molecule is N#Cc1ccc2c(c1)C(c1ccc(F)cc1)OC2CCCN. The average molecular weight is 296 g/mol. The van der Waals surface area contributed by atoms with Gasteiger partial charge in [0.05, 0.1) is 17.7 Å². The fraction of sp³-hybridized carbons (Fsp3) is 0.278. The normalized spacial score (nSPS) is 19.7. The minimum Gasteiger partial charge on any atom is -0.361 e. The molecule has 0 spiro atoms. The van der Waals surface area contributed by atoms with Crippen molar-refractivity contribution in [1.29, 1.82) is 5.26 Å². The maximum atomic E-state index is 13.1. The topological polar surface area (TPSA) is 59.0 Å². The summed E-state index contributed by atoms with van der Waals surface area (Å²) in [5, 5.41) is 9.11. The largest absolute Gasteiger partial charge is 0.361 e. The smallest absolute Gasteiger partial charge is 0.123 e. The zero-order chi connectivity index (χ0) is 15.5. The van der Waals surface area contributed by atoms with Gasteiger partial charge in [-0.3, -0.25) is 0 Å². The Morgan fingerprint density at radius 2 is 1.91 bits per heavy atom. The maximum Gasteiger partial charge on any atom is 0.123 e. The highest BCUT2D eigenvalue weighted by Crippen LogP contribution is 2.44. The lowest BCUT2D eigenvalue weighted by atomic mass is 9.94. The Labute approximate surface area is 129 Å². The van der Waals surface area contributed by atoms with Crippen molar-refractivity contribution in [1.82, 2.24) is 0 Å². The van der Waals surface area contributed by atoms with Crippen LogP contribution in [0.5, 0.6) is 0 Å². The summed E-state index contributed by atoms with van der Waals surface area (Å²) in [6.45, 7) is 0.618. The Hall–Kier alpha value is -2.22. The van der Waals surface area contributed by atoms with Crippen LogP contribution in [-0.2, 0) is 4.74 Å². The predicted octanol–water partition coefficient (Wildman–Crippen LogP) is 3.60. The van der Waals surface area contributed by atoms with E-state index >= 15 is 0 Å². The van der Waals surface area contributed by atoms with Crippen molar-refractivity contribution in [3.63, 3.8) is 0 Å². The Morgan fingerprint density at radius 1 is 1.14 bits per heavy atom. The van der Waals surface area contributed by atoms with Crippen LogP contribution in [0.3, 0.4) is 0 Å². The summed E-state index contributed by atoms with van der Waals surface area (Å²) in [6, 6.07) is 14.1. The zero-order valence-corrected chi connectivity index (χ0v) is 12.1. The second-order valence-electron chi connectivity index (χ2n) is 5.44. The number of hydrogen-bond acceptors (Lipinski definition) is 3. The second kappa shape index (κ2) is 6.27. The zero-order valence-electron chi connectivity index (χ0n) is 12.1. The van der Waals surface area contributed by atoms with Gasteiger partial charge in [-0.2, -0.15) is 5.26 Å². The monoisotopic (exact) mass is 296 g/mol. The highest BCUT2D eigenvalue weighted by atomic mass is 19.1. The lowest BCUT2D eigenvalue weighted by molar-refractivity contribution is 0.0277. The summed E-state index contributed by atoms with van der Waals surface area (Å²) in [7, 11) is 0. The molecule has 2 aromatic rings. The number of rotatable bonds is 4. The molecule has 0 amide bonds. The van der Waals surface area contributed by atoms with Crippen LogP contribution in [0.4, 0.5) is 4.39 Å². The van der Waals surface area contributed by atoms with Gasteiger partial charge in [0.25, 0.3) is 0 Å². The van der Waals surface area contributed by atoms with Crippen LogP contribution in [0.2, 0.25) is 0 Å². The van der Waals surface area contributed by atoms with Crippen LogP contribution >= 0.6 is 0 Å². The number of ether oxygens (including phenoxy) is 1. The summed E-state index contributed by atoms with van der Waals surface area (Å²) in [5.74, 6) is -0.271. The molecule has 1 aliphatic rings. The highest BCUT2D eigenvalue weighted by Gasteiger charge is 2.32. The third-order valence-corrected chi connectivity index (χ3v) is 3.99. The molecular weight excluding hydrogens is 279 g/mol. The van der Waals surface area contributed by atoms with Gasteiger partial charge in [-0.15, -0.1) is 0 Å². The number of nitriles is 1. The van der Waals surface area contributed by atoms with Crippen molar-refractivity contribution in [2.24, 2.45) is 5.73 Å². The molecule has 0 radical (unpaired) electrons. The first-order chi connectivity index (χ1) is 10.7. The molecule has 0 aromatic heterocycles. The first-order valence-corrected chi connectivity index (χ1v) is 7.38. The highest BCUT2D eigenvalue weighted by molar-refractivity contribution is 5.46. The number of nitrogens with two attached hydrogens (primary N) is 1.